The van der Waals surface area contributed by atoms with Crippen molar-refractivity contribution < 1.29 is 16.8 Å². The van der Waals surface area contributed by atoms with Gasteiger partial charge in [0.2, 0.25) is 10.0 Å². The molecule has 1 aliphatic rings. The van der Waals surface area contributed by atoms with Crippen LogP contribution in [-0.4, -0.2) is 39.8 Å². The largest absolute Gasteiger partial charge is 0.240 e. The van der Waals surface area contributed by atoms with Crippen LogP contribution < -0.4 is 4.72 Å². The van der Waals surface area contributed by atoms with Crippen molar-refractivity contribution in [3.8, 4) is 0 Å². The van der Waals surface area contributed by atoms with Gasteiger partial charge in [-0.25, -0.2) is 21.6 Å². The molecule has 2 rings (SSSR count). The number of benzene rings is 1. The minimum atomic E-state index is -3.80. The first-order valence-corrected chi connectivity index (χ1v) is 9.44. The fourth-order valence-electron chi connectivity index (χ4n) is 1.79. The molecule has 0 unspecified atom stereocenters. The van der Waals surface area contributed by atoms with Crippen LogP contribution in [0.3, 0.4) is 0 Å². The molecule has 1 fully saturated rings. The molecule has 1 aromatic rings. The quantitative estimate of drug-likeness (QED) is 0.831. The molecule has 9 heteroatoms. The van der Waals surface area contributed by atoms with Crippen molar-refractivity contribution in [2.24, 2.45) is 0 Å². The van der Waals surface area contributed by atoms with E-state index in [1.54, 1.807) is 0 Å². The molecule has 0 amide bonds. The van der Waals surface area contributed by atoms with E-state index in [2.05, 4.69) is 4.72 Å². The lowest BCUT2D eigenvalue weighted by atomic mass is 10.3. The van der Waals surface area contributed by atoms with Crippen LogP contribution in [0.15, 0.2) is 29.2 Å². The van der Waals surface area contributed by atoms with Crippen molar-refractivity contribution in [2.45, 2.75) is 16.3 Å². The summed E-state index contributed by atoms with van der Waals surface area (Å²) in [5.41, 5.74) is 0. The molecule has 0 aromatic heterocycles. The summed E-state index contributed by atoms with van der Waals surface area (Å²) in [6, 6.07) is 4.76. The molecule has 0 bridgehead atoms. The highest BCUT2D eigenvalue weighted by Gasteiger charge is 2.38. The number of sulfone groups is 1. The fourth-order valence-corrected chi connectivity index (χ4v) is 5.93. The van der Waals surface area contributed by atoms with Gasteiger partial charge in [-0.2, -0.15) is 0 Å². The minimum Gasteiger partial charge on any atom is -0.229 e. The summed E-state index contributed by atoms with van der Waals surface area (Å²) in [7, 11) is -7.09. The Bertz CT molecular complexity index is 670. The lowest BCUT2D eigenvalue weighted by molar-refractivity contribution is 0.563. The van der Waals surface area contributed by atoms with Crippen LogP contribution in [-0.2, 0) is 19.9 Å². The third kappa shape index (κ3) is 3.61. The summed E-state index contributed by atoms with van der Waals surface area (Å²) >= 11 is 11.5. The molecular formula is C10H11Cl2NO4S2. The molecule has 5 nitrogen and oxygen atoms in total. The number of alkyl halides is 1. The van der Waals surface area contributed by atoms with E-state index in [-0.39, 0.29) is 16.4 Å². The highest BCUT2D eigenvalue weighted by atomic mass is 35.5. The molecule has 2 atom stereocenters. The Morgan fingerprint density at radius 1 is 1.16 bits per heavy atom. The van der Waals surface area contributed by atoms with Crippen molar-refractivity contribution in [2.75, 3.05) is 11.5 Å². The zero-order chi connectivity index (χ0) is 14.3. The summed E-state index contributed by atoms with van der Waals surface area (Å²) in [5.74, 6) is -0.504. The van der Waals surface area contributed by atoms with Gasteiger partial charge in [-0.15, -0.1) is 11.6 Å². The molecule has 0 aliphatic carbocycles. The van der Waals surface area contributed by atoms with Crippen molar-refractivity contribution >= 4 is 43.1 Å². The molecule has 0 spiro atoms. The number of sulfonamides is 1. The number of hydrogen-bond acceptors (Lipinski definition) is 4. The maximum absolute atomic E-state index is 12.0. The second-order valence-electron chi connectivity index (χ2n) is 4.27. The first-order valence-electron chi connectivity index (χ1n) is 5.32. The lowest BCUT2D eigenvalue weighted by Gasteiger charge is -2.14. The molecule has 1 aliphatic heterocycles. The first kappa shape index (κ1) is 15.1. The summed E-state index contributed by atoms with van der Waals surface area (Å²) in [6.07, 6.45) is 0. The predicted octanol–water partition coefficient (Wildman–Crippen LogP) is 1.02. The van der Waals surface area contributed by atoms with E-state index in [0.29, 0.717) is 5.02 Å². The number of nitrogens with one attached hydrogen (secondary N) is 1. The molecular weight excluding hydrogens is 333 g/mol. The second-order valence-corrected chi connectivity index (χ2v) is 9.14. The van der Waals surface area contributed by atoms with E-state index in [1.165, 1.54) is 24.3 Å². The molecule has 1 saturated heterocycles. The Labute approximate surface area is 121 Å². The van der Waals surface area contributed by atoms with Crippen LogP contribution in [0, 0.1) is 0 Å². The van der Waals surface area contributed by atoms with Crippen LogP contribution in [0.4, 0.5) is 0 Å². The van der Waals surface area contributed by atoms with E-state index in [1.807, 2.05) is 0 Å². The van der Waals surface area contributed by atoms with Gasteiger partial charge in [0, 0.05) is 5.02 Å². The summed E-state index contributed by atoms with van der Waals surface area (Å²) in [4.78, 5) is 0.0186. The Balaban J connectivity index is 2.21. The second kappa shape index (κ2) is 5.21. The molecule has 0 saturated carbocycles. The standard InChI is InChI=1S/C10H11Cl2NO4S2/c11-7-1-3-8(4-2-7)19(16,17)13-10-6-18(14,15)5-9(10)12/h1-4,9-10,13H,5-6H2/t9-,10+/m1/s1. The summed E-state index contributed by atoms with van der Waals surface area (Å²) in [5, 5.41) is -0.343. The van der Waals surface area contributed by atoms with E-state index >= 15 is 0 Å². The lowest BCUT2D eigenvalue weighted by Crippen LogP contribution is -2.40. The van der Waals surface area contributed by atoms with Gasteiger partial charge >= 0.3 is 0 Å². The molecule has 106 valence electrons. The Morgan fingerprint density at radius 3 is 2.21 bits per heavy atom. The number of rotatable bonds is 3. The molecule has 1 aromatic carbocycles. The van der Waals surface area contributed by atoms with E-state index in [0.717, 1.165) is 0 Å². The van der Waals surface area contributed by atoms with Gasteiger partial charge in [0.1, 0.15) is 0 Å². The normalized spacial score (nSPS) is 26.4. The molecule has 1 N–H and O–H groups in total. The van der Waals surface area contributed by atoms with Crippen LogP contribution in [0.1, 0.15) is 0 Å². The van der Waals surface area contributed by atoms with Crippen molar-refractivity contribution in [1.82, 2.24) is 4.72 Å². The van der Waals surface area contributed by atoms with Gasteiger partial charge in [0.25, 0.3) is 0 Å². The number of hydrogen-bond donors (Lipinski definition) is 1. The Morgan fingerprint density at radius 2 is 1.74 bits per heavy atom. The highest BCUT2D eigenvalue weighted by Crippen LogP contribution is 2.21. The van der Waals surface area contributed by atoms with E-state index in [9.17, 15) is 16.8 Å². The summed E-state index contributed by atoms with van der Waals surface area (Å²) < 4.78 is 49.2. The average Bonchev–Trinajstić information content (AvgIpc) is 2.51. The molecule has 1 heterocycles. The van der Waals surface area contributed by atoms with Crippen LogP contribution in [0.5, 0.6) is 0 Å². The Kier molecular flexibility index (Phi) is 4.13. The maximum atomic E-state index is 12.0. The zero-order valence-corrected chi connectivity index (χ0v) is 12.7. The van der Waals surface area contributed by atoms with Crippen LogP contribution in [0.2, 0.25) is 5.02 Å². The van der Waals surface area contributed by atoms with Gasteiger partial charge in [0.05, 0.1) is 27.8 Å². The van der Waals surface area contributed by atoms with Crippen LogP contribution in [0.25, 0.3) is 0 Å². The number of halogens is 2. The third-order valence-corrected chi connectivity index (χ3v) is 6.85. The first-order chi connectivity index (χ1) is 8.70. The fraction of sp³-hybridized carbons (Fsp3) is 0.400. The average molecular weight is 344 g/mol. The van der Waals surface area contributed by atoms with Gasteiger partial charge in [-0.3, -0.25) is 0 Å². The molecule has 19 heavy (non-hydrogen) atoms. The zero-order valence-electron chi connectivity index (χ0n) is 9.58. The smallest absolute Gasteiger partial charge is 0.229 e. The van der Waals surface area contributed by atoms with E-state index in [4.69, 9.17) is 23.2 Å². The van der Waals surface area contributed by atoms with Crippen LogP contribution >= 0.6 is 23.2 Å². The van der Waals surface area contributed by atoms with Crippen molar-refractivity contribution in [3.63, 3.8) is 0 Å². The van der Waals surface area contributed by atoms with Crippen molar-refractivity contribution in [1.29, 1.82) is 0 Å². The highest BCUT2D eigenvalue weighted by molar-refractivity contribution is 7.92. The summed E-state index contributed by atoms with van der Waals surface area (Å²) in [6.45, 7) is 0. The monoisotopic (exact) mass is 343 g/mol. The minimum absolute atomic E-state index is 0.0186. The Hall–Kier alpha value is -0.340. The van der Waals surface area contributed by atoms with Gasteiger partial charge in [-0.1, -0.05) is 11.6 Å². The van der Waals surface area contributed by atoms with E-state index < -0.39 is 31.3 Å². The maximum Gasteiger partial charge on any atom is 0.240 e. The van der Waals surface area contributed by atoms with Gasteiger partial charge < -0.3 is 0 Å². The van der Waals surface area contributed by atoms with Crippen molar-refractivity contribution in [3.05, 3.63) is 29.3 Å². The SMILES string of the molecule is O=S1(=O)C[C@@H](Cl)[C@@H](NS(=O)(=O)c2ccc(Cl)cc2)C1. The molecule has 0 radical (unpaired) electrons. The topological polar surface area (TPSA) is 80.3 Å². The predicted molar refractivity (Wildman–Crippen MR) is 73.9 cm³/mol. The third-order valence-electron chi connectivity index (χ3n) is 2.71. The van der Waals surface area contributed by atoms with Gasteiger partial charge in [0.15, 0.2) is 9.84 Å². The van der Waals surface area contributed by atoms with Gasteiger partial charge in [-0.05, 0) is 24.3 Å².